The van der Waals surface area contributed by atoms with E-state index in [1.54, 1.807) is 13.8 Å². The Morgan fingerprint density at radius 2 is 1.64 bits per heavy atom. The van der Waals surface area contributed by atoms with Crippen LogP contribution in [-0.4, -0.2) is 33.3 Å². The lowest BCUT2D eigenvalue weighted by Gasteiger charge is -2.11. The van der Waals surface area contributed by atoms with Crippen molar-refractivity contribution in [2.24, 2.45) is 5.92 Å². The molecule has 0 saturated heterocycles. The highest BCUT2D eigenvalue weighted by atomic mass is 32.2. The molecular weight excluding hydrogens is 385 g/mol. The Balaban J connectivity index is 2.01. The monoisotopic (exact) mass is 407 g/mol. The number of hydrogen-bond acceptors (Lipinski definition) is 4. The molecule has 0 saturated carbocycles. The number of nitrogens with one attached hydrogen (secondary N) is 3. The van der Waals surface area contributed by atoms with Crippen LogP contribution in [-0.2, 0) is 14.8 Å². The van der Waals surface area contributed by atoms with Crippen LogP contribution in [0, 0.1) is 11.7 Å². The molecule has 3 N–H and O–H groups in total. The number of halogens is 1. The Labute approximate surface area is 163 Å². The van der Waals surface area contributed by atoms with Crippen LogP contribution < -0.4 is 15.4 Å². The normalized spacial score (nSPS) is 11.1. The molecule has 0 radical (unpaired) electrons. The van der Waals surface area contributed by atoms with Crippen LogP contribution in [0.4, 0.5) is 10.1 Å². The molecule has 0 atom stereocenters. The van der Waals surface area contributed by atoms with Gasteiger partial charge in [-0.15, -0.1) is 0 Å². The summed E-state index contributed by atoms with van der Waals surface area (Å²) in [6, 6.07) is 10.4. The molecule has 0 aliphatic heterocycles. The third-order valence-corrected chi connectivity index (χ3v) is 5.12. The maximum absolute atomic E-state index is 13.0. The lowest BCUT2D eigenvalue weighted by atomic mass is 10.2. The van der Waals surface area contributed by atoms with Crippen molar-refractivity contribution in [1.29, 1.82) is 0 Å². The van der Waals surface area contributed by atoms with E-state index in [4.69, 9.17) is 0 Å². The van der Waals surface area contributed by atoms with Crippen molar-refractivity contribution in [3.63, 3.8) is 0 Å². The van der Waals surface area contributed by atoms with Crippen LogP contribution in [0.5, 0.6) is 0 Å². The largest absolute Gasteiger partial charge is 0.354 e. The fourth-order valence-electron chi connectivity index (χ4n) is 2.20. The van der Waals surface area contributed by atoms with Crippen molar-refractivity contribution >= 4 is 27.5 Å². The second-order valence-corrected chi connectivity index (χ2v) is 8.02. The van der Waals surface area contributed by atoms with Gasteiger partial charge in [0.15, 0.2) is 0 Å². The summed E-state index contributed by atoms with van der Waals surface area (Å²) in [4.78, 5) is 23.6. The maximum atomic E-state index is 13.0. The summed E-state index contributed by atoms with van der Waals surface area (Å²) in [5, 5.41) is 5.29. The molecule has 2 amide bonds. The third-order valence-electron chi connectivity index (χ3n) is 3.74. The van der Waals surface area contributed by atoms with Crippen LogP contribution in [0.15, 0.2) is 53.4 Å². The van der Waals surface area contributed by atoms with Crippen molar-refractivity contribution in [2.45, 2.75) is 18.7 Å². The smallest absolute Gasteiger partial charge is 0.261 e. The summed E-state index contributed by atoms with van der Waals surface area (Å²) in [5.41, 5.74) is 0.370. The fraction of sp³-hybridized carbons (Fsp3) is 0.263. The minimum atomic E-state index is -3.94. The summed E-state index contributed by atoms with van der Waals surface area (Å²) >= 11 is 0. The Bertz CT molecular complexity index is 944. The molecule has 0 aromatic heterocycles. The molecule has 2 rings (SSSR count). The molecule has 9 heteroatoms. The van der Waals surface area contributed by atoms with E-state index in [1.165, 1.54) is 36.4 Å². The van der Waals surface area contributed by atoms with E-state index in [1.807, 2.05) is 0 Å². The molecule has 0 unspecified atom stereocenters. The molecule has 0 aliphatic carbocycles. The van der Waals surface area contributed by atoms with E-state index in [0.29, 0.717) is 0 Å². The Morgan fingerprint density at radius 3 is 2.29 bits per heavy atom. The summed E-state index contributed by atoms with van der Waals surface area (Å²) in [6.07, 6.45) is 0. The zero-order valence-corrected chi connectivity index (χ0v) is 16.3. The number of carbonyl (C=O) groups excluding carboxylic acids is 2. The first-order valence-electron chi connectivity index (χ1n) is 8.63. The van der Waals surface area contributed by atoms with Crippen molar-refractivity contribution in [3.05, 3.63) is 59.9 Å². The van der Waals surface area contributed by atoms with Gasteiger partial charge in [0.05, 0.1) is 4.90 Å². The van der Waals surface area contributed by atoms with Gasteiger partial charge in [0.2, 0.25) is 5.91 Å². The lowest BCUT2D eigenvalue weighted by molar-refractivity contribution is -0.123. The molecule has 150 valence electrons. The third kappa shape index (κ3) is 6.05. The average Bonchev–Trinajstić information content (AvgIpc) is 2.66. The second-order valence-electron chi connectivity index (χ2n) is 6.34. The van der Waals surface area contributed by atoms with Gasteiger partial charge in [0.25, 0.3) is 15.9 Å². The highest BCUT2D eigenvalue weighted by Crippen LogP contribution is 2.17. The Kier molecular flexibility index (Phi) is 7.11. The topological polar surface area (TPSA) is 104 Å². The van der Waals surface area contributed by atoms with Crippen molar-refractivity contribution in [1.82, 2.24) is 10.6 Å². The summed E-state index contributed by atoms with van der Waals surface area (Å²) in [6.45, 7) is 4.01. The molecule has 0 spiro atoms. The molecule has 0 bridgehead atoms. The van der Waals surface area contributed by atoms with E-state index in [9.17, 15) is 22.4 Å². The SMILES string of the molecule is CC(C)C(=O)NCCNC(=O)c1cccc(S(=O)(=O)Nc2ccc(F)cc2)c1. The molecule has 7 nitrogen and oxygen atoms in total. The van der Waals surface area contributed by atoms with Crippen LogP contribution >= 0.6 is 0 Å². The number of rotatable bonds is 8. The Hall–Kier alpha value is -2.94. The highest BCUT2D eigenvalue weighted by molar-refractivity contribution is 7.92. The minimum Gasteiger partial charge on any atom is -0.354 e. The first-order chi connectivity index (χ1) is 13.2. The van der Waals surface area contributed by atoms with Gasteiger partial charge in [-0.25, -0.2) is 12.8 Å². The van der Waals surface area contributed by atoms with Gasteiger partial charge in [-0.2, -0.15) is 0 Å². The quantitative estimate of drug-likeness (QED) is 0.583. The molecule has 2 aromatic rings. The van der Waals surface area contributed by atoms with Gasteiger partial charge >= 0.3 is 0 Å². The zero-order chi connectivity index (χ0) is 20.7. The van der Waals surface area contributed by atoms with E-state index in [-0.39, 0.29) is 41.1 Å². The van der Waals surface area contributed by atoms with E-state index < -0.39 is 21.7 Å². The lowest BCUT2D eigenvalue weighted by Crippen LogP contribution is -2.36. The average molecular weight is 407 g/mol. The van der Waals surface area contributed by atoms with Gasteiger partial charge in [-0.05, 0) is 42.5 Å². The van der Waals surface area contributed by atoms with Gasteiger partial charge in [-0.1, -0.05) is 19.9 Å². The number of benzene rings is 2. The number of amides is 2. The van der Waals surface area contributed by atoms with Gasteiger partial charge in [0.1, 0.15) is 5.82 Å². The highest BCUT2D eigenvalue weighted by Gasteiger charge is 2.16. The number of carbonyl (C=O) groups is 2. The minimum absolute atomic E-state index is 0.0995. The summed E-state index contributed by atoms with van der Waals surface area (Å²) in [5.74, 6) is -1.20. The predicted octanol–water partition coefficient (Wildman–Crippen LogP) is 2.13. The number of sulfonamides is 1. The van der Waals surface area contributed by atoms with Crippen molar-refractivity contribution < 1.29 is 22.4 Å². The molecule has 0 heterocycles. The van der Waals surface area contributed by atoms with E-state index in [0.717, 1.165) is 12.1 Å². The summed E-state index contributed by atoms with van der Waals surface area (Å²) < 4.78 is 40.2. The van der Waals surface area contributed by atoms with Gasteiger partial charge in [0, 0.05) is 30.3 Å². The zero-order valence-electron chi connectivity index (χ0n) is 15.5. The molecule has 2 aromatic carbocycles. The first kappa shape index (κ1) is 21.4. The van der Waals surface area contributed by atoms with Crippen LogP contribution in [0.3, 0.4) is 0 Å². The van der Waals surface area contributed by atoms with Gasteiger partial charge in [-0.3, -0.25) is 14.3 Å². The van der Waals surface area contributed by atoms with E-state index in [2.05, 4.69) is 15.4 Å². The predicted molar refractivity (Wildman–Crippen MR) is 104 cm³/mol. The van der Waals surface area contributed by atoms with Crippen LogP contribution in [0.25, 0.3) is 0 Å². The summed E-state index contributed by atoms with van der Waals surface area (Å²) in [7, 11) is -3.94. The van der Waals surface area contributed by atoms with Gasteiger partial charge < -0.3 is 10.6 Å². The molecular formula is C19H22FN3O4S. The Morgan fingerprint density at radius 1 is 1.00 bits per heavy atom. The van der Waals surface area contributed by atoms with E-state index >= 15 is 0 Å². The molecule has 0 fully saturated rings. The molecule has 28 heavy (non-hydrogen) atoms. The fourth-order valence-corrected chi connectivity index (χ4v) is 3.31. The second kappa shape index (κ2) is 9.32. The number of anilines is 1. The maximum Gasteiger partial charge on any atom is 0.261 e. The van der Waals surface area contributed by atoms with Crippen molar-refractivity contribution in [3.8, 4) is 0 Å². The standard InChI is InChI=1S/C19H22FN3O4S/c1-13(2)18(24)21-10-11-22-19(25)14-4-3-5-17(12-14)28(26,27)23-16-8-6-15(20)7-9-16/h3-9,12-13,23H,10-11H2,1-2H3,(H,21,24)(H,22,25). The number of hydrogen-bond donors (Lipinski definition) is 3. The van der Waals surface area contributed by atoms with Crippen LogP contribution in [0.2, 0.25) is 0 Å². The van der Waals surface area contributed by atoms with Crippen molar-refractivity contribution in [2.75, 3.05) is 17.8 Å². The molecule has 0 aliphatic rings. The van der Waals surface area contributed by atoms with Crippen LogP contribution in [0.1, 0.15) is 24.2 Å². The first-order valence-corrected chi connectivity index (χ1v) is 10.1.